The fourth-order valence-corrected chi connectivity index (χ4v) is 3.25. The Bertz CT molecular complexity index is 1080. The summed E-state index contributed by atoms with van der Waals surface area (Å²) in [5, 5.41) is 13.9. The topological polar surface area (TPSA) is 73.6 Å². The summed E-state index contributed by atoms with van der Waals surface area (Å²) in [6, 6.07) is 12.5. The molecule has 0 saturated carbocycles. The van der Waals surface area contributed by atoms with Crippen LogP contribution in [0.25, 0.3) is 16.9 Å². The maximum Gasteiger partial charge on any atom is 0.356 e. The maximum absolute atomic E-state index is 11.7. The highest BCUT2D eigenvalue weighted by Gasteiger charge is 2.23. The lowest BCUT2D eigenvalue weighted by Gasteiger charge is -2.18. The van der Waals surface area contributed by atoms with Crippen LogP contribution in [0.3, 0.4) is 0 Å². The minimum atomic E-state index is -1.12. The predicted molar refractivity (Wildman–Crippen MR) is 111 cm³/mol. The summed E-state index contributed by atoms with van der Waals surface area (Å²) < 4.78 is 12.7. The van der Waals surface area contributed by atoms with Crippen molar-refractivity contribution in [3.63, 3.8) is 0 Å². The van der Waals surface area contributed by atoms with Gasteiger partial charge in [-0.3, -0.25) is 0 Å². The highest BCUT2D eigenvalue weighted by molar-refractivity contribution is 5.88. The average molecular weight is 390 g/mol. The van der Waals surface area contributed by atoms with E-state index in [-0.39, 0.29) is 11.6 Å². The van der Waals surface area contributed by atoms with Gasteiger partial charge < -0.3 is 14.6 Å². The second-order valence-electron chi connectivity index (χ2n) is 6.74. The molecule has 29 heavy (non-hydrogen) atoms. The number of hydrogen-bond acceptors (Lipinski definition) is 4. The predicted octanol–water partition coefficient (Wildman–Crippen LogP) is 4.36. The van der Waals surface area contributed by atoms with Crippen LogP contribution in [-0.4, -0.2) is 35.1 Å². The van der Waals surface area contributed by atoms with Gasteiger partial charge in [0.15, 0.2) is 5.69 Å². The lowest BCUT2D eigenvalue weighted by atomic mass is 9.98. The lowest BCUT2D eigenvalue weighted by molar-refractivity contribution is 0.0690. The molecule has 1 N–H and O–H groups in total. The number of benzene rings is 2. The zero-order valence-corrected chi connectivity index (χ0v) is 16.8. The van der Waals surface area contributed by atoms with E-state index in [1.807, 2.05) is 32.0 Å². The van der Waals surface area contributed by atoms with Gasteiger partial charge in [0.2, 0.25) is 0 Å². The summed E-state index contributed by atoms with van der Waals surface area (Å²) in [6.45, 7) is 4.09. The monoisotopic (exact) mass is 390 g/mol. The molecule has 3 rings (SSSR count). The largest absolute Gasteiger partial charge is 0.496 e. The van der Waals surface area contributed by atoms with Crippen molar-refractivity contribution < 1.29 is 19.4 Å². The number of carboxylic acids is 1. The zero-order valence-electron chi connectivity index (χ0n) is 16.8. The van der Waals surface area contributed by atoms with Crippen LogP contribution in [0.4, 0.5) is 0 Å². The third-order valence-electron chi connectivity index (χ3n) is 4.66. The number of terminal acetylenes is 1. The average Bonchev–Trinajstić information content (AvgIpc) is 3.17. The molecule has 148 valence electrons. The van der Waals surface area contributed by atoms with Crippen molar-refractivity contribution in [2.75, 3.05) is 14.2 Å². The number of methoxy groups -OCH3 is 2. The number of aromatic carboxylic acids is 1. The Balaban J connectivity index is 2.38. The second-order valence-corrected chi connectivity index (χ2v) is 6.74. The Morgan fingerprint density at radius 3 is 2.31 bits per heavy atom. The minimum absolute atomic E-state index is 0.0799. The van der Waals surface area contributed by atoms with Crippen molar-refractivity contribution in [1.82, 2.24) is 9.78 Å². The summed E-state index contributed by atoms with van der Waals surface area (Å²) in [5.41, 5.74) is 3.54. The molecular weight excluding hydrogens is 368 g/mol. The molecule has 3 aromatic rings. The number of nitrogens with zero attached hydrogens (tertiary/aromatic N) is 2. The summed E-state index contributed by atoms with van der Waals surface area (Å²) >= 11 is 0. The molecule has 6 heteroatoms. The van der Waals surface area contributed by atoms with E-state index < -0.39 is 5.97 Å². The van der Waals surface area contributed by atoms with Crippen LogP contribution in [0.1, 0.15) is 41.4 Å². The molecule has 2 aromatic carbocycles. The molecule has 0 unspecified atom stereocenters. The highest BCUT2D eigenvalue weighted by Crippen LogP contribution is 2.40. The number of carboxylic acid groups (broad SMARTS) is 1. The molecule has 0 spiro atoms. The number of rotatable bonds is 6. The quantitative estimate of drug-likeness (QED) is 0.633. The van der Waals surface area contributed by atoms with E-state index in [0.717, 1.165) is 16.8 Å². The van der Waals surface area contributed by atoms with E-state index in [2.05, 4.69) is 11.0 Å². The van der Waals surface area contributed by atoms with Crippen molar-refractivity contribution in [3.8, 4) is 40.8 Å². The van der Waals surface area contributed by atoms with Crippen molar-refractivity contribution in [1.29, 1.82) is 0 Å². The molecule has 0 aliphatic heterocycles. The van der Waals surface area contributed by atoms with Gasteiger partial charge in [-0.25, -0.2) is 9.48 Å². The van der Waals surface area contributed by atoms with Gasteiger partial charge in [-0.1, -0.05) is 25.8 Å². The zero-order chi connectivity index (χ0) is 21.1. The van der Waals surface area contributed by atoms with Crippen molar-refractivity contribution in [2.24, 2.45) is 0 Å². The van der Waals surface area contributed by atoms with Gasteiger partial charge in [0.25, 0.3) is 0 Å². The highest BCUT2D eigenvalue weighted by atomic mass is 16.5. The molecular formula is C23H22N2O4. The normalized spacial score (nSPS) is 10.6. The van der Waals surface area contributed by atoms with Crippen LogP contribution in [0.5, 0.6) is 11.5 Å². The first-order valence-electron chi connectivity index (χ1n) is 9.06. The Morgan fingerprint density at radius 2 is 1.79 bits per heavy atom. The van der Waals surface area contributed by atoms with Gasteiger partial charge in [-0.15, -0.1) is 6.42 Å². The van der Waals surface area contributed by atoms with Crippen molar-refractivity contribution in [3.05, 3.63) is 59.3 Å². The lowest BCUT2D eigenvalue weighted by Crippen LogP contribution is -2.07. The first-order chi connectivity index (χ1) is 13.9. The summed E-state index contributed by atoms with van der Waals surface area (Å²) in [5.74, 6) is 2.76. The second kappa shape index (κ2) is 8.11. The smallest absolute Gasteiger partial charge is 0.356 e. The Morgan fingerprint density at radius 1 is 1.14 bits per heavy atom. The van der Waals surface area contributed by atoms with Crippen LogP contribution in [0.15, 0.2) is 42.5 Å². The van der Waals surface area contributed by atoms with Crippen molar-refractivity contribution >= 4 is 5.97 Å². The van der Waals surface area contributed by atoms with E-state index in [9.17, 15) is 9.90 Å². The van der Waals surface area contributed by atoms with E-state index in [1.54, 1.807) is 37.1 Å². The van der Waals surface area contributed by atoms with Gasteiger partial charge in [-0.05, 0) is 47.9 Å². The summed E-state index contributed by atoms with van der Waals surface area (Å²) in [7, 11) is 3.11. The van der Waals surface area contributed by atoms with Crippen LogP contribution in [-0.2, 0) is 0 Å². The summed E-state index contributed by atoms with van der Waals surface area (Å²) in [6.07, 6.45) is 5.56. The van der Waals surface area contributed by atoms with Gasteiger partial charge in [0.1, 0.15) is 11.5 Å². The third-order valence-corrected chi connectivity index (χ3v) is 4.66. The van der Waals surface area contributed by atoms with Gasteiger partial charge in [-0.2, -0.15) is 5.10 Å². The van der Waals surface area contributed by atoms with E-state index in [1.165, 1.54) is 6.07 Å². The fourth-order valence-electron chi connectivity index (χ4n) is 3.25. The van der Waals surface area contributed by atoms with Crippen molar-refractivity contribution in [2.45, 2.75) is 19.8 Å². The molecule has 0 fully saturated rings. The molecule has 0 amide bonds. The van der Waals surface area contributed by atoms with Gasteiger partial charge in [0, 0.05) is 5.56 Å². The molecule has 1 heterocycles. The molecule has 0 bridgehead atoms. The number of hydrogen-bond donors (Lipinski definition) is 1. The van der Waals surface area contributed by atoms with E-state index >= 15 is 0 Å². The van der Waals surface area contributed by atoms with Gasteiger partial charge >= 0.3 is 5.97 Å². The van der Waals surface area contributed by atoms with E-state index in [4.69, 9.17) is 15.9 Å². The van der Waals surface area contributed by atoms with Crippen LogP contribution in [0, 0.1) is 12.3 Å². The molecule has 6 nitrogen and oxygen atoms in total. The minimum Gasteiger partial charge on any atom is -0.496 e. The first kappa shape index (κ1) is 20.0. The number of aromatic nitrogens is 2. The Labute approximate surface area is 169 Å². The maximum atomic E-state index is 11.7. The van der Waals surface area contributed by atoms with Crippen LogP contribution < -0.4 is 9.47 Å². The molecule has 0 saturated heterocycles. The molecule has 0 aliphatic carbocycles. The Kier molecular flexibility index (Phi) is 5.60. The van der Waals surface area contributed by atoms with E-state index in [0.29, 0.717) is 22.8 Å². The van der Waals surface area contributed by atoms with Gasteiger partial charge in [0.05, 0.1) is 31.2 Å². The van der Waals surface area contributed by atoms with Crippen LogP contribution in [0.2, 0.25) is 0 Å². The third kappa shape index (κ3) is 3.67. The molecule has 0 aliphatic rings. The SMILES string of the molecule is C#Cc1ccc(-n2nc(C(=O)O)cc2-c2c(OC)cccc2OC)c(C(C)C)c1. The fraction of sp³-hybridized carbons (Fsp3) is 0.217. The number of ether oxygens (including phenoxy) is 2. The Hall–Kier alpha value is -3.72. The molecule has 0 radical (unpaired) electrons. The van der Waals surface area contributed by atoms with Crippen LogP contribution >= 0.6 is 0 Å². The first-order valence-corrected chi connectivity index (χ1v) is 9.06. The number of carbonyl (C=O) groups is 1. The standard InChI is InChI=1S/C23H22N2O4/c1-6-15-10-11-18(16(12-15)14(2)3)25-19(13-17(24-25)23(26)27)22-20(28-4)8-7-9-21(22)29-5/h1,7-14H,2-5H3,(H,26,27). The summed E-state index contributed by atoms with van der Waals surface area (Å²) in [4.78, 5) is 11.7. The molecule has 0 atom stereocenters. The molecule has 1 aromatic heterocycles.